The number of rotatable bonds is 3. The van der Waals surface area contributed by atoms with Crippen molar-refractivity contribution in [3.63, 3.8) is 0 Å². The van der Waals surface area contributed by atoms with Crippen LogP contribution < -0.4 is 0 Å². The van der Waals surface area contributed by atoms with E-state index in [0.717, 1.165) is 17.6 Å². The molecule has 0 heterocycles. The van der Waals surface area contributed by atoms with Crippen LogP contribution >= 0.6 is 0 Å². The Morgan fingerprint density at radius 2 is 2.21 bits per heavy atom. The van der Waals surface area contributed by atoms with Gasteiger partial charge in [-0.3, -0.25) is 4.79 Å². The standard InChI is InChI=1S/C12H13FO/c1-3-9(4-2)10-5-6-12(13)11(7-10)8-14/h3,5-8H,4H2,1-2H3/b9-3-. The average Bonchev–Trinajstić information content (AvgIpc) is 2.22. The van der Waals surface area contributed by atoms with Crippen LogP contribution in [0.25, 0.3) is 5.57 Å². The van der Waals surface area contributed by atoms with Crippen molar-refractivity contribution in [3.05, 3.63) is 41.2 Å². The van der Waals surface area contributed by atoms with E-state index in [1.807, 2.05) is 19.9 Å². The zero-order valence-corrected chi connectivity index (χ0v) is 8.38. The number of halogens is 1. The largest absolute Gasteiger partial charge is 0.298 e. The first-order valence-corrected chi connectivity index (χ1v) is 4.63. The van der Waals surface area contributed by atoms with Crippen LogP contribution in [0.5, 0.6) is 0 Å². The highest BCUT2D eigenvalue weighted by molar-refractivity contribution is 5.78. The summed E-state index contributed by atoms with van der Waals surface area (Å²) in [6, 6.07) is 4.61. The normalized spacial score (nSPS) is 11.5. The first-order valence-electron chi connectivity index (χ1n) is 4.63. The SMILES string of the molecule is C/C=C(/CC)c1ccc(F)c(C=O)c1. The van der Waals surface area contributed by atoms with Crippen LogP contribution in [0.15, 0.2) is 24.3 Å². The lowest BCUT2D eigenvalue weighted by Gasteiger charge is -2.05. The van der Waals surface area contributed by atoms with Gasteiger partial charge in [-0.15, -0.1) is 0 Å². The number of allylic oxidation sites excluding steroid dienone is 2. The molecule has 0 aliphatic rings. The summed E-state index contributed by atoms with van der Waals surface area (Å²) in [6.07, 6.45) is 3.39. The highest BCUT2D eigenvalue weighted by atomic mass is 19.1. The third kappa shape index (κ3) is 2.08. The van der Waals surface area contributed by atoms with Gasteiger partial charge in [-0.1, -0.05) is 19.1 Å². The molecule has 0 saturated heterocycles. The van der Waals surface area contributed by atoms with Gasteiger partial charge in [0.25, 0.3) is 0 Å². The van der Waals surface area contributed by atoms with Gasteiger partial charge < -0.3 is 0 Å². The number of benzene rings is 1. The molecule has 1 aromatic rings. The van der Waals surface area contributed by atoms with Crippen molar-refractivity contribution >= 4 is 11.9 Å². The molecular formula is C12H13FO. The molecule has 0 bridgehead atoms. The summed E-state index contributed by atoms with van der Waals surface area (Å²) in [5.41, 5.74) is 2.15. The Labute approximate surface area is 83.3 Å². The molecule has 0 aliphatic carbocycles. The second-order valence-corrected chi connectivity index (χ2v) is 3.02. The van der Waals surface area contributed by atoms with Crippen LogP contribution in [0.2, 0.25) is 0 Å². The summed E-state index contributed by atoms with van der Waals surface area (Å²) in [5, 5.41) is 0. The monoisotopic (exact) mass is 192 g/mol. The molecule has 0 aliphatic heterocycles. The first kappa shape index (κ1) is 10.6. The average molecular weight is 192 g/mol. The van der Waals surface area contributed by atoms with Crippen LogP contribution in [0, 0.1) is 5.82 Å². The fourth-order valence-corrected chi connectivity index (χ4v) is 1.41. The van der Waals surface area contributed by atoms with E-state index in [1.54, 1.807) is 12.1 Å². The molecule has 14 heavy (non-hydrogen) atoms. The predicted molar refractivity (Wildman–Crippen MR) is 55.7 cm³/mol. The fraction of sp³-hybridized carbons (Fsp3) is 0.250. The van der Waals surface area contributed by atoms with Gasteiger partial charge in [0.1, 0.15) is 5.82 Å². The van der Waals surface area contributed by atoms with E-state index >= 15 is 0 Å². The Morgan fingerprint density at radius 3 is 2.71 bits per heavy atom. The second kappa shape index (κ2) is 4.70. The van der Waals surface area contributed by atoms with Crippen LogP contribution in [0.4, 0.5) is 4.39 Å². The van der Waals surface area contributed by atoms with Crippen molar-refractivity contribution < 1.29 is 9.18 Å². The Hall–Kier alpha value is -1.44. The Bertz CT molecular complexity index is 367. The van der Waals surface area contributed by atoms with Gasteiger partial charge in [0, 0.05) is 0 Å². The molecule has 0 spiro atoms. The third-order valence-corrected chi connectivity index (χ3v) is 2.22. The molecule has 74 valence electrons. The van der Waals surface area contributed by atoms with Gasteiger partial charge in [-0.25, -0.2) is 4.39 Å². The summed E-state index contributed by atoms with van der Waals surface area (Å²) in [6.45, 7) is 3.96. The number of hydrogen-bond acceptors (Lipinski definition) is 1. The topological polar surface area (TPSA) is 17.1 Å². The summed E-state index contributed by atoms with van der Waals surface area (Å²) >= 11 is 0. The van der Waals surface area contributed by atoms with Gasteiger partial charge in [-0.2, -0.15) is 0 Å². The lowest BCUT2D eigenvalue weighted by atomic mass is 10.0. The summed E-state index contributed by atoms with van der Waals surface area (Å²) in [5.74, 6) is -0.463. The van der Waals surface area contributed by atoms with Crippen molar-refractivity contribution in [2.24, 2.45) is 0 Å². The van der Waals surface area contributed by atoms with E-state index in [4.69, 9.17) is 0 Å². The Morgan fingerprint density at radius 1 is 1.50 bits per heavy atom. The number of carbonyl (C=O) groups is 1. The van der Waals surface area contributed by atoms with E-state index in [1.165, 1.54) is 6.07 Å². The van der Waals surface area contributed by atoms with Crippen molar-refractivity contribution in [3.8, 4) is 0 Å². The Balaban J connectivity index is 3.18. The highest BCUT2D eigenvalue weighted by Gasteiger charge is 2.04. The lowest BCUT2D eigenvalue weighted by molar-refractivity contribution is 0.112. The minimum atomic E-state index is -0.463. The quantitative estimate of drug-likeness (QED) is 0.670. The van der Waals surface area contributed by atoms with Crippen molar-refractivity contribution in [2.45, 2.75) is 20.3 Å². The van der Waals surface area contributed by atoms with Crippen LogP contribution in [0.1, 0.15) is 36.2 Å². The third-order valence-electron chi connectivity index (χ3n) is 2.22. The molecule has 2 heteroatoms. The highest BCUT2D eigenvalue weighted by Crippen LogP contribution is 2.19. The van der Waals surface area contributed by atoms with Gasteiger partial charge >= 0.3 is 0 Å². The molecule has 0 amide bonds. The maximum absolute atomic E-state index is 13.0. The first-order chi connectivity index (χ1) is 6.72. The molecule has 0 fully saturated rings. The Kier molecular flexibility index (Phi) is 3.57. The molecule has 0 radical (unpaired) electrons. The van der Waals surface area contributed by atoms with E-state index in [0.29, 0.717) is 6.29 Å². The molecular weight excluding hydrogens is 179 g/mol. The minimum absolute atomic E-state index is 0.121. The molecule has 1 rings (SSSR count). The summed E-state index contributed by atoms with van der Waals surface area (Å²) < 4.78 is 13.0. The van der Waals surface area contributed by atoms with Crippen LogP contribution in [-0.2, 0) is 0 Å². The predicted octanol–water partition coefficient (Wildman–Crippen LogP) is 3.45. The van der Waals surface area contributed by atoms with E-state index in [-0.39, 0.29) is 5.56 Å². The zero-order chi connectivity index (χ0) is 10.6. The van der Waals surface area contributed by atoms with Gasteiger partial charge in [0.05, 0.1) is 5.56 Å². The molecule has 0 N–H and O–H groups in total. The van der Waals surface area contributed by atoms with Gasteiger partial charge in [0.15, 0.2) is 6.29 Å². The van der Waals surface area contributed by atoms with E-state index in [2.05, 4.69) is 0 Å². The number of hydrogen-bond donors (Lipinski definition) is 0. The lowest BCUT2D eigenvalue weighted by Crippen LogP contribution is -1.91. The molecule has 0 unspecified atom stereocenters. The maximum Gasteiger partial charge on any atom is 0.153 e. The molecule has 1 aromatic carbocycles. The summed E-state index contributed by atoms with van der Waals surface area (Å²) in [4.78, 5) is 10.5. The van der Waals surface area contributed by atoms with Crippen molar-refractivity contribution in [1.29, 1.82) is 0 Å². The van der Waals surface area contributed by atoms with E-state index < -0.39 is 5.82 Å². The van der Waals surface area contributed by atoms with Crippen LogP contribution in [-0.4, -0.2) is 6.29 Å². The minimum Gasteiger partial charge on any atom is -0.298 e. The molecule has 1 nitrogen and oxygen atoms in total. The van der Waals surface area contributed by atoms with Crippen molar-refractivity contribution in [2.75, 3.05) is 0 Å². The molecule has 0 saturated carbocycles. The maximum atomic E-state index is 13.0. The number of carbonyl (C=O) groups excluding carboxylic acids is 1. The number of aldehydes is 1. The van der Waals surface area contributed by atoms with Gasteiger partial charge in [0.2, 0.25) is 0 Å². The van der Waals surface area contributed by atoms with Gasteiger partial charge in [-0.05, 0) is 36.6 Å². The van der Waals surface area contributed by atoms with Crippen LogP contribution in [0.3, 0.4) is 0 Å². The van der Waals surface area contributed by atoms with Crippen molar-refractivity contribution in [1.82, 2.24) is 0 Å². The smallest absolute Gasteiger partial charge is 0.153 e. The van der Waals surface area contributed by atoms with E-state index in [9.17, 15) is 9.18 Å². The molecule has 0 atom stereocenters. The zero-order valence-electron chi connectivity index (χ0n) is 8.38. The fourth-order valence-electron chi connectivity index (χ4n) is 1.41. The molecule has 0 aromatic heterocycles. The second-order valence-electron chi connectivity index (χ2n) is 3.02. The summed E-state index contributed by atoms with van der Waals surface area (Å²) in [7, 11) is 0.